The minimum Gasteiger partial charge on any atom is -0.316 e. The zero-order valence-corrected chi connectivity index (χ0v) is 13.9. The molecule has 1 N–H and O–H groups in total. The summed E-state index contributed by atoms with van der Waals surface area (Å²) in [4.78, 5) is 0. The van der Waals surface area contributed by atoms with Crippen LogP contribution in [0.3, 0.4) is 0 Å². The summed E-state index contributed by atoms with van der Waals surface area (Å²) in [5.74, 6) is 1.80. The van der Waals surface area contributed by atoms with Crippen LogP contribution in [0.4, 0.5) is 0 Å². The lowest BCUT2D eigenvalue weighted by molar-refractivity contribution is 0.173. The van der Waals surface area contributed by atoms with Crippen LogP contribution < -0.4 is 5.32 Å². The summed E-state index contributed by atoms with van der Waals surface area (Å²) in [6.45, 7) is 11.8. The van der Waals surface area contributed by atoms with E-state index in [1.54, 1.807) is 0 Å². The monoisotopic (exact) mass is 267 g/mol. The lowest BCUT2D eigenvalue weighted by Gasteiger charge is -2.36. The van der Waals surface area contributed by atoms with E-state index >= 15 is 0 Å². The molecule has 0 heterocycles. The van der Waals surface area contributed by atoms with Crippen LogP contribution in [0.1, 0.15) is 85.5 Å². The molecule has 1 aliphatic carbocycles. The molecule has 1 atom stereocenters. The van der Waals surface area contributed by atoms with Gasteiger partial charge in [-0.15, -0.1) is 0 Å². The van der Waals surface area contributed by atoms with Gasteiger partial charge in [-0.3, -0.25) is 0 Å². The van der Waals surface area contributed by atoms with E-state index in [4.69, 9.17) is 0 Å². The number of unbranched alkanes of at least 4 members (excludes halogenated alkanes) is 1. The minimum atomic E-state index is 0.583. The number of hydrogen-bond donors (Lipinski definition) is 1. The summed E-state index contributed by atoms with van der Waals surface area (Å²) in [7, 11) is 0. The first-order valence-electron chi connectivity index (χ1n) is 8.82. The minimum absolute atomic E-state index is 0.583. The summed E-state index contributed by atoms with van der Waals surface area (Å²) >= 11 is 0. The molecule has 0 radical (unpaired) electrons. The van der Waals surface area contributed by atoms with Crippen LogP contribution in [-0.2, 0) is 0 Å². The van der Waals surface area contributed by atoms with Gasteiger partial charge >= 0.3 is 0 Å². The highest BCUT2D eigenvalue weighted by Crippen LogP contribution is 2.40. The van der Waals surface area contributed by atoms with Crippen molar-refractivity contribution in [1.29, 1.82) is 0 Å². The van der Waals surface area contributed by atoms with Crippen LogP contribution in [0.5, 0.6) is 0 Å². The van der Waals surface area contributed by atoms with E-state index in [0.29, 0.717) is 5.41 Å². The molecule has 0 aliphatic heterocycles. The Hall–Kier alpha value is -0.0400. The summed E-state index contributed by atoms with van der Waals surface area (Å²) < 4.78 is 0. The third-order valence-electron chi connectivity index (χ3n) is 5.06. The van der Waals surface area contributed by atoms with Crippen molar-refractivity contribution in [3.05, 3.63) is 0 Å². The fourth-order valence-electron chi connectivity index (χ4n) is 3.71. The molecule has 1 rings (SSSR count). The number of nitrogens with one attached hydrogen (secondary N) is 1. The van der Waals surface area contributed by atoms with E-state index in [0.717, 1.165) is 11.8 Å². The van der Waals surface area contributed by atoms with Crippen molar-refractivity contribution in [2.45, 2.75) is 85.5 Å². The highest BCUT2D eigenvalue weighted by Gasteiger charge is 2.31. The average Bonchev–Trinajstić information content (AvgIpc) is 2.88. The van der Waals surface area contributed by atoms with Crippen molar-refractivity contribution < 1.29 is 0 Å². The third-order valence-corrected chi connectivity index (χ3v) is 5.06. The van der Waals surface area contributed by atoms with Gasteiger partial charge in [-0.2, -0.15) is 0 Å². The van der Waals surface area contributed by atoms with Gasteiger partial charge < -0.3 is 5.32 Å². The van der Waals surface area contributed by atoms with Gasteiger partial charge in [0.2, 0.25) is 0 Å². The first-order chi connectivity index (χ1) is 9.12. The molecule has 114 valence electrons. The molecule has 19 heavy (non-hydrogen) atoms. The Morgan fingerprint density at radius 3 is 2.37 bits per heavy atom. The van der Waals surface area contributed by atoms with E-state index in [2.05, 4.69) is 33.0 Å². The van der Waals surface area contributed by atoms with E-state index in [1.807, 2.05) is 0 Å². The van der Waals surface area contributed by atoms with Crippen molar-refractivity contribution in [3.8, 4) is 0 Å². The first kappa shape index (κ1) is 17.0. The molecule has 0 bridgehead atoms. The highest BCUT2D eigenvalue weighted by molar-refractivity contribution is 4.85. The van der Waals surface area contributed by atoms with Gasteiger partial charge in [-0.25, -0.2) is 0 Å². The van der Waals surface area contributed by atoms with Crippen molar-refractivity contribution in [3.63, 3.8) is 0 Å². The molecule has 0 amide bonds. The van der Waals surface area contributed by atoms with E-state index < -0.39 is 0 Å². The quantitative estimate of drug-likeness (QED) is 0.559. The second-order valence-electron chi connectivity index (χ2n) is 7.34. The lowest BCUT2D eigenvalue weighted by Crippen LogP contribution is -2.37. The summed E-state index contributed by atoms with van der Waals surface area (Å²) in [6, 6.07) is 0. The molecule has 0 aromatic heterocycles. The van der Waals surface area contributed by atoms with Crippen molar-refractivity contribution in [2.75, 3.05) is 13.1 Å². The van der Waals surface area contributed by atoms with Crippen LogP contribution in [0.2, 0.25) is 0 Å². The van der Waals surface area contributed by atoms with Gasteiger partial charge in [-0.1, -0.05) is 66.2 Å². The van der Waals surface area contributed by atoms with Gasteiger partial charge in [-0.05, 0) is 43.1 Å². The maximum atomic E-state index is 3.76. The predicted molar refractivity (Wildman–Crippen MR) is 86.5 cm³/mol. The third kappa shape index (κ3) is 6.29. The molecular weight excluding hydrogens is 230 g/mol. The zero-order chi connectivity index (χ0) is 14.1. The Morgan fingerprint density at radius 1 is 1.16 bits per heavy atom. The topological polar surface area (TPSA) is 12.0 Å². The standard InChI is InChI=1S/C18H37N/c1-5-7-12-18(6-2,15-19-14-16(3)4)13-17-10-8-9-11-17/h16-17,19H,5-15H2,1-4H3. The molecule has 0 aromatic rings. The van der Waals surface area contributed by atoms with E-state index in [9.17, 15) is 0 Å². The van der Waals surface area contributed by atoms with Gasteiger partial charge in [0.1, 0.15) is 0 Å². The van der Waals surface area contributed by atoms with Gasteiger partial charge in [0, 0.05) is 6.54 Å². The SMILES string of the molecule is CCCCC(CC)(CNCC(C)C)CC1CCCC1. The largest absolute Gasteiger partial charge is 0.316 e. The second-order valence-corrected chi connectivity index (χ2v) is 7.34. The van der Waals surface area contributed by atoms with E-state index in [-0.39, 0.29) is 0 Å². The zero-order valence-electron chi connectivity index (χ0n) is 13.9. The maximum Gasteiger partial charge on any atom is 0.000792 e. The Balaban J connectivity index is 2.51. The first-order valence-corrected chi connectivity index (χ1v) is 8.82. The number of hydrogen-bond acceptors (Lipinski definition) is 1. The molecule has 1 aliphatic rings. The smallest absolute Gasteiger partial charge is 0.000792 e. The van der Waals surface area contributed by atoms with Crippen LogP contribution in [0.25, 0.3) is 0 Å². The van der Waals surface area contributed by atoms with Crippen LogP contribution in [0.15, 0.2) is 0 Å². The fraction of sp³-hybridized carbons (Fsp3) is 1.00. The maximum absolute atomic E-state index is 3.76. The van der Waals surface area contributed by atoms with Crippen LogP contribution in [-0.4, -0.2) is 13.1 Å². The predicted octanol–water partition coefficient (Wildman–Crippen LogP) is 5.40. The Bertz CT molecular complexity index is 218. The highest BCUT2D eigenvalue weighted by atomic mass is 14.9. The normalized spacial score (nSPS) is 20.1. The fourth-order valence-corrected chi connectivity index (χ4v) is 3.71. The summed E-state index contributed by atoms with van der Waals surface area (Å²) in [6.07, 6.45) is 13.0. The molecule has 0 saturated heterocycles. The molecule has 0 spiro atoms. The molecule has 1 heteroatoms. The molecule has 1 unspecified atom stereocenters. The number of rotatable bonds is 10. The Kier molecular flexibility index (Phi) is 8.06. The van der Waals surface area contributed by atoms with Crippen molar-refractivity contribution in [1.82, 2.24) is 5.32 Å². The average molecular weight is 268 g/mol. The molecular formula is C18H37N. The molecule has 0 aromatic carbocycles. The summed E-state index contributed by atoms with van der Waals surface area (Å²) in [5, 5.41) is 3.76. The van der Waals surface area contributed by atoms with Gasteiger partial charge in [0.05, 0.1) is 0 Å². The molecule has 1 saturated carbocycles. The van der Waals surface area contributed by atoms with Gasteiger partial charge in [0.15, 0.2) is 0 Å². The molecule has 1 nitrogen and oxygen atoms in total. The van der Waals surface area contributed by atoms with Crippen molar-refractivity contribution in [2.24, 2.45) is 17.3 Å². The summed E-state index contributed by atoms with van der Waals surface area (Å²) in [5.41, 5.74) is 0.583. The van der Waals surface area contributed by atoms with Crippen LogP contribution >= 0.6 is 0 Å². The van der Waals surface area contributed by atoms with Crippen LogP contribution in [0, 0.1) is 17.3 Å². The lowest BCUT2D eigenvalue weighted by atomic mass is 9.73. The Morgan fingerprint density at radius 2 is 1.84 bits per heavy atom. The molecule has 1 fully saturated rings. The van der Waals surface area contributed by atoms with E-state index in [1.165, 1.54) is 70.9 Å². The van der Waals surface area contributed by atoms with Crippen molar-refractivity contribution >= 4 is 0 Å². The van der Waals surface area contributed by atoms with Gasteiger partial charge in [0.25, 0.3) is 0 Å². The Labute approximate surface area is 121 Å². The second kappa shape index (κ2) is 9.00.